The van der Waals surface area contributed by atoms with E-state index in [1.807, 2.05) is 60.7 Å². The third kappa shape index (κ3) is 5.02. The molecular formula is C24H15F3O. The van der Waals surface area contributed by atoms with Crippen molar-refractivity contribution in [2.45, 2.75) is 18.5 Å². The summed E-state index contributed by atoms with van der Waals surface area (Å²) in [5, 5.41) is 1.84. The van der Waals surface area contributed by atoms with Crippen LogP contribution in [0, 0.1) is 23.7 Å². The maximum Gasteiger partial charge on any atom is 0.450 e. The van der Waals surface area contributed by atoms with E-state index < -0.39 is 24.3 Å². The molecule has 0 aliphatic heterocycles. The number of hydrogen-bond donors (Lipinski definition) is 0. The van der Waals surface area contributed by atoms with E-state index in [0.717, 1.165) is 16.3 Å². The second-order valence-corrected chi connectivity index (χ2v) is 6.17. The Labute approximate surface area is 161 Å². The minimum absolute atomic E-state index is 0.560. The van der Waals surface area contributed by atoms with Crippen molar-refractivity contribution in [2.75, 3.05) is 0 Å². The predicted molar refractivity (Wildman–Crippen MR) is 103 cm³/mol. The van der Waals surface area contributed by atoms with Gasteiger partial charge in [0, 0.05) is 12.0 Å². The van der Waals surface area contributed by atoms with Gasteiger partial charge in [-0.15, -0.1) is 0 Å². The van der Waals surface area contributed by atoms with Crippen molar-refractivity contribution in [2.24, 2.45) is 0 Å². The van der Waals surface area contributed by atoms with Crippen LogP contribution in [0.5, 0.6) is 0 Å². The van der Waals surface area contributed by atoms with Crippen molar-refractivity contribution in [3.8, 4) is 23.7 Å². The normalized spacial score (nSPS) is 11.7. The lowest BCUT2D eigenvalue weighted by Crippen LogP contribution is -2.24. The smallest absolute Gasteiger partial charge is 0.290 e. The van der Waals surface area contributed by atoms with Gasteiger partial charge in [0.2, 0.25) is 5.78 Å². The number of carbonyl (C=O) groups excluding carboxylic acids is 1. The molecule has 3 rings (SSSR count). The summed E-state index contributed by atoms with van der Waals surface area (Å²) in [5.41, 5.74) is 1.32. The molecule has 0 saturated carbocycles. The van der Waals surface area contributed by atoms with E-state index in [1.54, 1.807) is 12.1 Å². The van der Waals surface area contributed by atoms with Crippen LogP contribution in [0.3, 0.4) is 0 Å². The molecule has 0 aromatic heterocycles. The first-order valence-electron chi connectivity index (χ1n) is 8.59. The maximum atomic E-state index is 12.8. The Kier molecular flexibility index (Phi) is 5.82. The molecule has 1 nitrogen and oxygen atoms in total. The average molecular weight is 376 g/mol. The highest BCUT2D eigenvalue weighted by Crippen LogP contribution is 2.28. The number of benzene rings is 3. The molecule has 0 aliphatic carbocycles. The Balaban J connectivity index is 1.92. The molecule has 4 heteroatoms. The summed E-state index contributed by atoms with van der Waals surface area (Å²) in [4.78, 5) is 11.5. The first-order chi connectivity index (χ1) is 13.4. The Hall–Kier alpha value is -3.50. The van der Waals surface area contributed by atoms with Gasteiger partial charge < -0.3 is 0 Å². The quantitative estimate of drug-likeness (QED) is 0.552. The van der Waals surface area contributed by atoms with Crippen LogP contribution in [0.15, 0.2) is 72.8 Å². The summed E-state index contributed by atoms with van der Waals surface area (Å²) < 4.78 is 38.3. The van der Waals surface area contributed by atoms with Gasteiger partial charge in [-0.05, 0) is 46.4 Å². The molecule has 1 atom stereocenters. The SMILES string of the molecule is O=C(C[C@@H](C#CC#Cc1ccccc1)c1ccc2ccccc2c1)C(F)(F)F. The van der Waals surface area contributed by atoms with Crippen LogP contribution in [0.25, 0.3) is 10.8 Å². The molecule has 138 valence electrons. The van der Waals surface area contributed by atoms with Crippen molar-refractivity contribution in [1.29, 1.82) is 0 Å². The highest BCUT2D eigenvalue weighted by Gasteiger charge is 2.39. The number of alkyl halides is 3. The number of rotatable bonds is 3. The second kappa shape index (κ2) is 8.46. The molecule has 3 aromatic rings. The number of hydrogen-bond acceptors (Lipinski definition) is 1. The highest BCUT2D eigenvalue weighted by molar-refractivity contribution is 5.86. The first-order valence-corrected chi connectivity index (χ1v) is 8.59. The molecule has 0 N–H and O–H groups in total. The number of ketones is 1. The van der Waals surface area contributed by atoms with Gasteiger partial charge >= 0.3 is 6.18 Å². The molecule has 0 aliphatic rings. The van der Waals surface area contributed by atoms with Crippen LogP contribution in [-0.4, -0.2) is 12.0 Å². The molecule has 0 heterocycles. The number of carbonyl (C=O) groups is 1. The van der Waals surface area contributed by atoms with Crippen LogP contribution in [0.1, 0.15) is 23.5 Å². The van der Waals surface area contributed by atoms with E-state index in [1.165, 1.54) is 0 Å². The monoisotopic (exact) mass is 376 g/mol. The van der Waals surface area contributed by atoms with Crippen molar-refractivity contribution >= 4 is 16.6 Å². The maximum absolute atomic E-state index is 12.8. The molecule has 28 heavy (non-hydrogen) atoms. The standard InChI is InChI=1S/C24H15F3O/c25-24(26,27)23(28)17-21(13-5-4-10-18-8-2-1-3-9-18)22-15-14-19-11-6-7-12-20(19)16-22/h1-3,6-9,11-12,14-16,21H,17H2/t21-/m1/s1. The number of fused-ring (bicyclic) bond motifs is 1. The molecular weight excluding hydrogens is 361 g/mol. The Morgan fingerprint density at radius 2 is 1.54 bits per heavy atom. The largest absolute Gasteiger partial charge is 0.450 e. The van der Waals surface area contributed by atoms with E-state index in [9.17, 15) is 18.0 Å². The minimum Gasteiger partial charge on any atom is -0.290 e. The molecule has 0 saturated heterocycles. The van der Waals surface area contributed by atoms with Gasteiger partial charge in [0.25, 0.3) is 0 Å². The molecule has 0 fully saturated rings. The summed E-state index contributed by atoms with van der Waals surface area (Å²) in [5.74, 6) is 8.14. The van der Waals surface area contributed by atoms with Gasteiger partial charge in [0.05, 0.1) is 5.92 Å². The van der Waals surface area contributed by atoms with Crippen LogP contribution in [-0.2, 0) is 4.79 Å². The van der Waals surface area contributed by atoms with Gasteiger partial charge in [-0.25, -0.2) is 0 Å². The number of Topliss-reactive ketones (excluding diaryl/α,β-unsaturated/α-hetero) is 1. The molecule has 0 unspecified atom stereocenters. The molecule has 0 radical (unpaired) electrons. The summed E-state index contributed by atoms with van der Waals surface area (Å²) in [6, 6.07) is 21.9. The molecule has 0 spiro atoms. The van der Waals surface area contributed by atoms with Crippen LogP contribution < -0.4 is 0 Å². The summed E-state index contributed by atoms with van der Waals surface area (Å²) >= 11 is 0. The molecule has 0 amide bonds. The lowest BCUT2D eigenvalue weighted by Gasteiger charge is -2.13. The Morgan fingerprint density at radius 3 is 2.25 bits per heavy atom. The van der Waals surface area contributed by atoms with E-state index >= 15 is 0 Å². The zero-order valence-corrected chi connectivity index (χ0v) is 14.8. The zero-order valence-electron chi connectivity index (χ0n) is 14.8. The van der Waals surface area contributed by atoms with Crippen LogP contribution >= 0.6 is 0 Å². The third-order valence-corrected chi connectivity index (χ3v) is 4.17. The summed E-state index contributed by atoms with van der Waals surface area (Å²) in [6.45, 7) is 0. The fourth-order valence-corrected chi connectivity index (χ4v) is 2.73. The summed E-state index contributed by atoms with van der Waals surface area (Å²) in [6.07, 6.45) is -5.62. The van der Waals surface area contributed by atoms with E-state index in [4.69, 9.17) is 0 Å². The molecule has 0 bridgehead atoms. The van der Waals surface area contributed by atoms with Gasteiger partial charge in [-0.3, -0.25) is 4.79 Å². The van der Waals surface area contributed by atoms with Crippen molar-refractivity contribution in [3.05, 3.63) is 83.9 Å². The van der Waals surface area contributed by atoms with Crippen LogP contribution in [0.2, 0.25) is 0 Å². The second-order valence-electron chi connectivity index (χ2n) is 6.17. The van der Waals surface area contributed by atoms with Gasteiger partial charge in [-0.2, -0.15) is 13.2 Å². The fraction of sp³-hybridized carbons (Fsp3) is 0.125. The average Bonchev–Trinajstić information content (AvgIpc) is 2.70. The lowest BCUT2D eigenvalue weighted by atomic mass is 9.92. The third-order valence-electron chi connectivity index (χ3n) is 4.17. The van der Waals surface area contributed by atoms with Crippen molar-refractivity contribution in [3.63, 3.8) is 0 Å². The van der Waals surface area contributed by atoms with Gasteiger partial charge in [0.1, 0.15) is 0 Å². The van der Waals surface area contributed by atoms with Gasteiger partial charge in [0.15, 0.2) is 0 Å². The zero-order chi connectivity index (χ0) is 20.0. The van der Waals surface area contributed by atoms with Gasteiger partial charge in [-0.1, -0.05) is 66.4 Å². The Morgan fingerprint density at radius 1 is 0.857 bits per heavy atom. The lowest BCUT2D eigenvalue weighted by molar-refractivity contribution is -0.171. The van der Waals surface area contributed by atoms with E-state index in [-0.39, 0.29) is 0 Å². The van der Waals surface area contributed by atoms with Crippen LogP contribution in [0.4, 0.5) is 13.2 Å². The Bertz CT molecular complexity index is 1110. The summed E-state index contributed by atoms with van der Waals surface area (Å²) in [7, 11) is 0. The van der Waals surface area contributed by atoms with Crippen molar-refractivity contribution < 1.29 is 18.0 Å². The fourth-order valence-electron chi connectivity index (χ4n) is 2.73. The molecule has 3 aromatic carbocycles. The highest BCUT2D eigenvalue weighted by atomic mass is 19.4. The predicted octanol–water partition coefficient (Wildman–Crippen LogP) is 5.50. The number of halogens is 3. The van der Waals surface area contributed by atoms with E-state index in [0.29, 0.717) is 5.56 Å². The van der Waals surface area contributed by atoms with Crippen molar-refractivity contribution in [1.82, 2.24) is 0 Å². The minimum atomic E-state index is -4.88. The van der Waals surface area contributed by atoms with E-state index in [2.05, 4.69) is 23.7 Å². The first kappa shape index (κ1) is 19.3. The topological polar surface area (TPSA) is 17.1 Å².